The van der Waals surface area contributed by atoms with Gasteiger partial charge in [0.15, 0.2) is 0 Å². The second kappa shape index (κ2) is 8.74. The molecule has 2 heterocycles. The number of carbonyl (C=O) groups excluding carboxylic acids is 2. The van der Waals surface area contributed by atoms with Crippen LogP contribution in [0.4, 0.5) is 5.00 Å². The van der Waals surface area contributed by atoms with E-state index < -0.39 is 0 Å². The number of carbonyl (C=O) groups is 2. The minimum Gasteiger partial charge on any atom is -0.462 e. The Morgan fingerprint density at radius 2 is 2.10 bits per heavy atom. The lowest BCUT2D eigenvalue weighted by molar-refractivity contribution is -0.117. The van der Waals surface area contributed by atoms with Crippen molar-refractivity contribution in [3.8, 4) is 11.4 Å². The summed E-state index contributed by atoms with van der Waals surface area (Å²) >= 11 is 1.46. The summed E-state index contributed by atoms with van der Waals surface area (Å²) in [7, 11) is 0. The molecule has 8 nitrogen and oxygen atoms in total. The maximum absolute atomic E-state index is 12.7. The van der Waals surface area contributed by atoms with E-state index in [2.05, 4.69) is 27.7 Å². The predicted octanol–water partition coefficient (Wildman–Crippen LogP) is 3.34. The zero-order chi connectivity index (χ0) is 21.1. The molecule has 3 aromatic rings. The number of rotatable bonds is 6. The molecular weight excluding hydrogens is 402 g/mol. The van der Waals surface area contributed by atoms with Gasteiger partial charge in [-0.3, -0.25) is 4.79 Å². The minimum atomic E-state index is -0.384. The van der Waals surface area contributed by atoms with Crippen LogP contribution < -0.4 is 5.32 Å². The van der Waals surface area contributed by atoms with Gasteiger partial charge in [-0.05, 0) is 42.9 Å². The Morgan fingerprint density at radius 3 is 2.87 bits per heavy atom. The third-order valence-electron chi connectivity index (χ3n) is 5.01. The van der Waals surface area contributed by atoms with Gasteiger partial charge in [0.05, 0.1) is 12.2 Å². The largest absolute Gasteiger partial charge is 0.462 e. The molecule has 1 unspecified atom stereocenters. The Balaban J connectivity index is 1.52. The molecule has 1 aliphatic carbocycles. The number of aromatic nitrogens is 4. The van der Waals surface area contributed by atoms with Gasteiger partial charge in [0.2, 0.25) is 11.7 Å². The molecule has 1 N–H and O–H groups in total. The van der Waals surface area contributed by atoms with Crippen LogP contribution >= 0.6 is 11.3 Å². The Hall–Kier alpha value is -3.07. The maximum Gasteiger partial charge on any atom is 0.341 e. The summed E-state index contributed by atoms with van der Waals surface area (Å²) in [6.45, 7) is 4.17. The van der Waals surface area contributed by atoms with Crippen LogP contribution in [0.3, 0.4) is 0 Å². The first-order valence-electron chi connectivity index (χ1n) is 10.00. The Kier molecular flexibility index (Phi) is 5.89. The highest BCUT2D eigenvalue weighted by Gasteiger charge is 2.29. The van der Waals surface area contributed by atoms with Crippen LogP contribution in [-0.2, 0) is 28.9 Å². The van der Waals surface area contributed by atoms with E-state index >= 15 is 0 Å². The summed E-state index contributed by atoms with van der Waals surface area (Å²) in [6, 6.07) is 9.44. The number of tetrazole rings is 1. The second-order valence-corrected chi connectivity index (χ2v) is 8.44. The number of anilines is 1. The molecule has 0 radical (unpaired) electrons. The van der Waals surface area contributed by atoms with Crippen LogP contribution in [0.5, 0.6) is 0 Å². The smallest absolute Gasteiger partial charge is 0.341 e. The highest BCUT2D eigenvalue weighted by molar-refractivity contribution is 7.17. The number of benzene rings is 1. The fraction of sp³-hybridized carbons (Fsp3) is 0.381. The van der Waals surface area contributed by atoms with Crippen molar-refractivity contribution in [1.82, 2.24) is 20.2 Å². The SMILES string of the molecule is CCOC(=O)c1c(NC(=O)Cn2nnc(-c3ccccc3)n2)sc2c1CCC(C)C2. The van der Waals surface area contributed by atoms with Crippen molar-refractivity contribution < 1.29 is 14.3 Å². The van der Waals surface area contributed by atoms with Crippen molar-refractivity contribution in [2.75, 3.05) is 11.9 Å². The molecule has 0 saturated heterocycles. The van der Waals surface area contributed by atoms with E-state index in [1.165, 1.54) is 16.1 Å². The molecule has 1 atom stereocenters. The lowest BCUT2D eigenvalue weighted by atomic mass is 9.88. The van der Waals surface area contributed by atoms with Crippen LogP contribution in [-0.4, -0.2) is 38.7 Å². The molecule has 9 heteroatoms. The standard InChI is InChI=1S/C21H23N5O3S/c1-3-29-21(28)18-15-10-9-13(2)11-16(15)30-20(18)22-17(27)12-26-24-19(23-25-26)14-7-5-4-6-8-14/h4-8,13H,3,9-12H2,1-2H3,(H,22,27). The summed E-state index contributed by atoms with van der Waals surface area (Å²) in [5.74, 6) is 0.316. The Labute approximate surface area is 178 Å². The van der Waals surface area contributed by atoms with Crippen LogP contribution in [0.25, 0.3) is 11.4 Å². The number of fused-ring (bicyclic) bond motifs is 1. The lowest BCUT2D eigenvalue weighted by Crippen LogP contribution is -2.21. The van der Waals surface area contributed by atoms with Crippen molar-refractivity contribution in [2.45, 2.75) is 39.7 Å². The molecule has 0 fully saturated rings. The molecule has 0 saturated carbocycles. The van der Waals surface area contributed by atoms with E-state index in [1.54, 1.807) is 6.92 Å². The van der Waals surface area contributed by atoms with Crippen LogP contribution in [0, 0.1) is 5.92 Å². The van der Waals surface area contributed by atoms with Crippen molar-refractivity contribution >= 4 is 28.2 Å². The molecule has 1 aromatic carbocycles. The molecule has 156 valence electrons. The second-order valence-electron chi connectivity index (χ2n) is 7.33. The van der Waals surface area contributed by atoms with Crippen molar-refractivity contribution in [2.24, 2.45) is 5.92 Å². The van der Waals surface area contributed by atoms with Crippen LogP contribution in [0.1, 0.15) is 41.1 Å². The van der Waals surface area contributed by atoms with Gasteiger partial charge in [-0.2, -0.15) is 4.80 Å². The Morgan fingerprint density at radius 1 is 1.30 bits per heavy atom. The number of hydrogen-bond acceptors (Lipinski definition) is 7. The van der Waals surface area contributed by atoms with Gasteiger partial charge in [-0.25, -0.2) is 4.79 Å². The summed E-state index contributed by atoms with van der Waals surface area (Å²) < 4.78 is 5.25. The molecule has 0 aliphatic heterocycles. The first-order chi connectivity index (χ1) is 14.5. The molecule has 0 spiro atoms. The monoisotopic (exact) mass is 425 g/mol. The van der Waals surface area contributed by atoms with Crippen molar-refractivity contribution in [3.63, 3.8) is 0 Å². The molecule has 30 heavy (non-hydrogen) atoms. The summed E-state index contributed by atoms with van der Waals surface area (Å²) in [4.78, 5) is 27.6. The summed E-state index contributed by atoms with van der Waals surface area (Å²) in [6.07, 6.45) is 2.75. The van der Waals surface area contributed by atoms with Gasteiger partial charge in [0.25, 0.3) is 0 Å². The van der Waals surface area contributed by atoms with E-state index in [0.717, 1.165) is 35.3 Å². The molecule has 4 rings (SSSR count). The van der Waals surface area contributed by atoms with Gasteiger partial charge in [-0.1, -0.05) is 37.3 Å². The maximum atomic E-state index is 12.7. The van der Waals surface area contributed by atoms with Crippen LogP contribution in [0.2, 0.25) is 0 Å². The number of hydrogen-bond donors (Lipinski definition) is 1. The first-order valence-corrected chi connectivity index (χ1v) is 10.8. The van der Waals surface area contributed by atoms with Gasteiger partial charge in [0.1, 0.15) is 11.5 Å². The molecule has 1 aliphatic rings. The quantitative estimate of drug-likeness (QED) is 0.608. The van der Waals surface area contributed by atoms with Gasteiger partial charge < -0.3 is 10.1 Å². The third-order valence-corrected chi connectivity index (χ3v) is 6.18. The van der Waals surface area contributed by atoms with Gasteiger partial charge in [0, 0.05) is 10.4 Å². The average molecular weight is 426 g/mol. The number of ether oxygens (including phenoxy) is 1. The zero-order valence-electron chi connectivity index (χ0n) is 16.9. The zero-order valence-corrected chi connectivity index (χ0v) is 17.7. The number of nitrogens with zero attached hydrogens (tertiary/aromatic N) is 4. The van der Waals surface area contributed by atoms with Crippen LogP contribution in [0.15, 0.2) is 30.3 Å². The normalized spacial score (nSPS) is 15.5. The van der Waals surface area contributed by atoms with Crippen molar-refractivity contribution in [1.29, 1.82) is 0 Å². The summed E-state index contributed by atoms with van der Waals surface area (Å²) in [5.41, 5.74) is 2.33. The summed E-state index contributed by atoms with van der Waals surface area (Å²) in [5, 5.41) is 15.7. The Bertz CT molecular complexity index is 1060. The van der Waals surface area contributed by atoms with E-state index in [-0.39, 0.29) is 18.4 Å². The predicted molar refractivity (Wildman–Crippen MR) is 113 cm³/mol. The van der Waals surface area contributed by atoms with E-state index in [1.807, 2.05) is 30.3 Å². The highest BCUT2D eigenvalue weighted by Crippen LogP contribution is 2.40. The molecule has 2 aromatic heterocycles. The van der Waals surface area contributed by atoms with E-state index in [4.69, 9.17) is 4.74 Å². The lowest BCUT2D eigenvalue weighted by Gasteiger charge is -2.18. The fourth-order valence-corrected chi connectivity index (χ4v) is 4.98. The van der Waals surface area contributed by atoms with Crippen molar-refractivity contribution in [3.05, 3.63) is 46.3 Å². The molecule has 1 amide bonds. The van der Waals surface area contributed by atoms with Gasteiger partial charge >= 0.3 is 5.97 Å². The topological polar surface area (TPSA) is 99.0 Å². The number of nitrogens with one attached hydrogen (secondary N) is 1. The number of esters is 1. The third kappa shape index (κ3) is 4.25. The minimum absolute atomic E-state index is 0.0962. The number of amides is 1. The highest BCUT2D eigenvalue weighted by atomic mass is 32.1. The van der Waals surface area contributed by atoms with Gasteiger partial charge in [-0.15, -0.1) is 21.5 Å². The molecular formula is C21H23N5O3S. The fourth-order valence-electron chi connectivity index (χ4n) is 3.57. The average Bonchev–Trinajstić information content (AvgIpc) is 3.32. The first kappa shape index (κ1) is 20.2. The van der Waals surface area contributed by atoms with E-state index in [9.17, 15) is 9.59 Å². The van der Waals surface area contributed by atoms with E-state index in [0.29, 0.717) is 28.9 Å². The molecule has 0 bridgehead atoms. The number of thiophene rings is 1.